The summed E-state index contributed by atoms with van der Waals surface area (Å²) in [5.74, 6) is -0.260. The first-order valence-corrected chi connectivity index (χ1v) is 9.07. The number of thiazole rings is 1. The number of likely N-dealkylation sites (N-methyl/N-ethyl adjacent to an activating group) is 1. The van der Waals surface area contributed by atoms with Crippen LogP contribution < -0.4 is 5.32 Å². The van der Waals surface area contributed by atoms with E-state index in [1.165, 1.54) is 11.2 Å². The molecule has 2 heterocycles. The summed E-state index contributed by atoms with van der Waals surface area (Å²) in [6.45, 7) is 8.48. The molecule has 21 heavy (non-hydrogen) atoms. The average Bonchev–Trinajstić information content (AvgIpc) is 2.79. The van der Waals surface area contributed by atoms with Crippen LogP contribution in [0.25, 0.3) is 0 Å². The van der Waals surface area contributed by atoms with E-state index in [0.717, 1.165) is 31.0 Å². The summed E-state index contributed by atoms with van der Waals surface area (Å²) >= 11 is 1.01. The Balaban J connectivity index is 2.20. The van der Waals surface area contributed by atoms with Crippen molar-refractivity contribution in [1.82, 2.24) is 14.2 Å². The van der Waals surface area contributed by atoms with Crippen LogP contribution in [-0.4, -0.2) is 61.2 Å². The van der Waals surface area contributed by atoms with Crippen molar-refractivity contribution >= 4 is 32.4 Å². The molecule has 1 aromatic heterocycles. The van der Waals surface area contributed by atoms with Crippen molar-refractivity contribution in [2.75, 3.05) is 38.0 Å². The molecule has 0 radical (unpaired) electrons. The van der Waals surface area contributed by atoms with Crippen molar-refractivity contribution in [3.63, 3.8) is 0 Å². The standard InChI is InChI=1S/C12H20N4O3S2/c1-4-15-5-7-16(8-6-15)21(18,19)11-9(2)13-12(20-11)14-10(3)17/h4-8H2,1-3H3,(H,13,14,17). The van der Waals surface area contributed by atoms with Crippen molar-refractivity contribution < 1.29 is 13.2 Å². The molecular weight excluding hydrogens is 312 g/mol. The monoisotopic (exact) mass is 332 g/mol. The maximum atomic E-state index is 12.7. The van der Waals surface area contributed by atoms with Gasteiger partial charge in [0.1, 0.15) is 0 Å². The van der Waals surface area contributed by atoms with Crippen LogP contribution in [-0.2, 0) is 14.8 Å². The first-order chi connectivity index (χ1) is 9.84. The lowest BCUT2D eigenvalue weighted by molar-refractivity contribution is -0.114. The number of aryl methyl sites for hydroxylation is 1. The minimum absolute atomic E-state index is 0.219. The van der Waals surface area contributed by atoms with E-state index in [4.69, 9.17) is 0 Å². The normalized spacial score (nSPS) is 17.9. The highest BCUT2D eigenvalue weighted by Gasteiger charge is 2.31. The smallest absolute Gasteiger partial charge is 0.254 e. The Labute approximate surface area is 129 Å². The van der Waals surface area contributed by atoms with Gasteiger partial charge >= 0.3 is 0 Å². The Morgan fingerprint density at radius 2 is 1.95 bits per heavy atom. The van der Waals surface area contributed by atoms with Gasteiger partial charge in [0.2, 0.25) is 5.91 Å². The zero-order valence-electron chi connectivity index (χ0n) is 12.4. The fourth-order valence-electron chi connectivity index (χ4n) is 2.23. The fourth-order valence-corrected chi connectivity index (χ4v) is 5.25. The van der Waals surface area contributed by atoms with E-state index in [0.29, 0.717) is 23.9 Å². The van der Waals surface area contributed by atoms with Crippen molar-refractivity contribution in [3.05, 3.63) is 5.69 Å². The van der Waals surface area contributed by atoms with Gasteiger partial charge < -0.3 is 10.2 Å². The van der Waals surface area contributed by atoms with Crippen LogP contribution in [0.15, 0.2) is 4.21 Å². The molecular formula is C12H20N4O3S2. The number of anilines is 1. The molecule has 1 saturated heterocycles. The van der Waals surface area contributed by atoms with Crippen molar-refractivity contribution in [2.24, 2.45) is 0 Å². The van der Waals surface area contributed by atoms with Crippen LogP contribution in [0.3, 0.4) is 0 Å². The minimum atomic E-state index is -3.53. The Kier molecular flexibility index (Phi) is 4.97. The number of nitrogens with zero attached hydrogens (tertiary/aromatic N) is 3. The van der Waals surface area contributed by atoms with E-state index < -0.39 is 10.0 Å². The number of piperazine rings is 1. The number of carbonyl (C=O) groups is 1. The van der Waals surface area contributed by atoms with E-state index in [9.17, 15) is 13.2 Å². The lowest BCUT2D eigenvalue weighted by atomic mass is 10.4. The molecule has 0 saturated carbocycles. The predicted molar refractivity (Wildman–Crippen MR) is 82.0 cm³/mol. The summed E-state index contributed by atoms with van der Waals surface area (Å²) in [4.78, 5) is 17.4. The third-order valence-electron chi connectivity index (χ3n) is 3.39. The van der Waals surface area contributed by atoms with Gasteiger partial charge in [0, 0.05) is 33.1 Å². The topological polar surface area (TPSA) is 82.6 Å². The molecule has 0 aliphatic carbocycles. The molecule has 2 rings (SSSR count). The van der Waals surface area contributed by atoms with Gasteiger partial charge in [-0.25, -0.2) is 13.4 Å². The Morgan fingerprint density at radius 1 is 1.33 bits per heavy atom. The number of hydrogen-bond donors (Lipinski definition) is 1. The molecule has 0 atom stereocenters. The summed E-state index contributed by atoms with van der Waals surface area (Å²) in [5.41, 5.74) is 0.432. The Bertz CT molecular complexity index is 618. The first kappa shape index (κ1) is 16.3. The van der Waals surface area contributed by atoms with Gasteiger partial charge in [0.05, 0.1) is 5.69 Å². The van der Waals surface area contributed by atoms with Crippen LogP contribution in [0, 0.1) is 6.92 Å². The summed E-state index contributed by atoms with van der Waals surface area (Å²) < 4.78 is 27.1. The maximum Gasteiger partial charge on any atom is 0.254 e. The fraction of sp³-hybridized carbons (Fsp3) is 0.667. The second-order valence-electron chi connectivity index (χ2n) is 4.91. The van der Waals surface area contributed by atoms with E-state index in [2.05, 4.69) is 22.1 Å². The minimum Gasteiger partial charge on any atom is -0.302 e. The molecule has 1 N–H and O–H groups in total. The van der Waals surface area contributed by atoms with Crippen molar-refractivity contribution in [1.29, 1.82) is 0 Å². The lowest BCUT2D eigenvalue weighted by Gasteiger charge is -2.32. The van der Waals surface area contributed by atoms with Gasteiger partial charge in [-0.05, 0) is 13.5 Å². The molecule has 1 aliphatic rings. The quantitative estimate of drug-likeness (QED) is 0.879. The predicted octanol–water partition coefficient (Wildman–Crippen LogP) is 0.736. The average molecular weight is 332 g/mol. The number of nitrogens with one attached hydrogen (secondary N) is 1. The van der Waals surface area contributed by atoms with Crippen LogP contribution in [0.5, 0.6) is 0 Å². The van der Waals surface area contributed by atoms with E-state index in [-0.39, 0.29) is 10.1 Å². The molecule has 118 valence electrons. The van der Waals surface area contributed by atoms with Gasteiger partial charge in [0.15, 0.2) is 9.34 Å². The molecule has 1 aliphatic heterocycles. The van der Waals surface area contributed by atoms with Gasteiger partial charge in [-0.2, -0.15) is 4.31 Å². The van der Waals surface area contributed by atoms with E-state index in [1.54, 1.807) is 6.92 Å². The molecule has 0 unspecified atom stereocenters. The summed E-state index contributed by atoms with van der Waals surface area (Å²) in [6.07, 6.45) is 0. The molecule has 9 heteroatoms. The van der Waals surface area contributed by atoms with E-state index >= 15 is 0 Å². The molecule has 1 aromatic rings. The lowest BCUT2D eigenvalue weighted by Crippen LogP contribution is -2.48. The molecule has 1 fully saturated rings. The second kappa shape index (κ2) is 6.39. The summed E-state index contributed by atoms with van der Waals surface area (Å²) in [7, 11) is -3.53. The third-order valence-corrected chi connectivity index (χ3v) is 6.95. The van der Waals surface area contributed by atoms with Gasteiger partial charge in [-0.1, -0.05) is 18.3 Å². The Morgan fingerprint density at radius 3 is 2.48 bits per heavy atom. The highest BCUT2D eigenvalue weighted by molar-refractivity contribution is 7.91. The van der Waals surface area contributed by atoms with Crippen LogP contribution >= 0.6 is 11.3 Å². The molecule has 1 amide bonds. The van der Waals surface area contributed by atoms with Crippen LogP contribution in [0.2, 0.25) is 0 Å². The molecule has 0 bridgehead atoms. The summed E-state index contributed by atoms with van der Waals surface area (Å²) in [5, 5.41) is 2.86. The number of carbonyl (C=O) groups excluding carboxylic acids is 1. The van der Waals surface area contributed by atoms with Crippen LogP contribution in [0.4, 0.5) is 5.13 Å². The third kappa shape index (κ3) is 3.60. The zero-order valence-corrected chi connectivity index (χ0v) is 14.1. The number of aromatic nitrogens is 1. The number of sulfonamides is 1. The Hall–Kier alpha value is -1.03. The summed E-state index contributed by atoms with van der Waals surface area (Å²) in [6, 6.07) is 0. The molecule has 0 spiro atoms. The molecule has 7 nitrogen and oxygen atoms in total. The van der Waals surface area contributed by atoms with Crippen molar-refractivity contribution in [3.8, 4) is 0 Å². The maximum absolute atomic E-state index is 12.7. The van der Waals surface area contributed by atoms with Crippen molar-refractivity contribution in [2.45, 2.75) is 25.0 Å². The largest absolute Gasteiger partial charge is 0.302 e. The number of rotatable bonds is 4. The SMILES string of the molecule is CCN1CCN(S(=O)(=O)c2sc(NC(C)=O)nc2C)CC1. The van der Waals surface area contributed by atoms with Crippen LogP contribution in [0.1, 0.15) is 19.5 Å². The first-order valence-electron chi connectivity index (χ1n) is 6.82. The second-order valence-corrected chi connectivity index (χ2v) is 8.04. The van der Waals surface area contributed by atoms with Gasteiger partial charge in [-0.3, -0.25) is 4.79 Å². The highest BCUT2D eigenvalue weighted by Crippen LogP contribution is 2.30. The number of amides is 1. The zero-order chi connectivity index (χ0) is 15.6. The molecule has 0 aromatic carbocycles. The van der Waals surface area contributed by atoms with E-state index in [1.807, 2.05) is 0 Å². The highest BCUT2D eigenvalue weighted by atomic mass is 32.2. The van der Waals surface area contributed by atoms with Gasteiger partial charge in [-0.15, -0.1) is 0 Å². The van der Waals surface area contributed by atoms with Gasteiger partial charge in [0.25, 0.3) is 10.0 Å². The number of hydrogen-bond acceptors (Lipinski definition) is 6.